The Morgan fingerprint density at radius 2 is 2.06 bits per heavy atom. The van der Waals surface area contributed by atoms with Crippen LogP contribution in [0.15, 0.2) is 42.6 Å². The van der Waals surface area contributed by atoms with Crippen LogP contribution in [0.5, 0.6) is 0 Å². The molecule has 0 radical (unpaired) electrons. The molecule has 1 aromatic heterocycles. The van der Waals surface area contributed by atoms with E-state index in [0.29, 0.717) is 5.02 Å². The van der Waals surface area contributed by atoms with Crippen LogP contribution in [-0.4, -0.2) is 9.78 Å². The van der Waals surface area contributed by atoms with E-state index in [1.165, 1.54) is 0 Å². The second kappa shape index (κ2) is 4.03. The van der Waals surface area contributed by atoms with Gasteiger partial charge < -0.3 is 5.73 Å². The smallest absolute Gasteiger partial charge is 0.0686 e. The fourth-order valence-electron chi connectivity index (χ4n) is 2.12. The monoisotopic (exact) mass is 257 g/mol. The number of anilines is 1. The highest BCUT2D eigenvalue weighted by Crippen LogP contribution is 2.31. The van der Waals surface area contributed by atoms with Crippen molar-refractivity contribution < 1.29 is 0 Å². The fourth-order valence-corrected chi connectivity index (χ4v) is 2.31. The molecule has 3 nitrogen and oxygen atoms in total. The minimum Gasteiger partial charge on any atom is -0.398 e. The van der Waals surface area contributed by atoms with Crippen LogP contribution in [-0.2, 0) is 7.05 Å². The Labute approximate surface area is 110 Å². The lowest BCUT2D eigenvalue weighted by Crippen LogP contribution is -1.93. The van der Waals surface area contributed by atoms with Crippen LogP contribution in [0.1, 0.15) is 0 Å². The lowest BCUT2D eigenvalue weighted by molar-refractivity contribution is 0.797. The number of fused-ring (bicyclic) bond motifs is 1. The van der Waals surface area contributed by atoms with Crippen molar-refractivity contribution in [2.45, 2.75) is 0 Å². The molecule has 2 N–H and O–H groups in total. The average Bonchev–Trinajstić information content (AvgIpc) is 2.69. The first-order valence-electron chi connectivity index (χ1n) is 5.62. The van der Waals surface area contributed by atoms with Crippen molar-refractivity contribution in [3.63, 3.8) is 0 Å². The number of hydrogen-bond acceptors (Lipinski definition) is 2. The van der Waals surface area contributed by atoms with Crippen molar-refractivity contribution in [3.8, 4) is 11.1 Å². The second-order valence-corrected chi connectivity index (χ2v) is 4.71. The topological polar surface area (TPSA) is 43.8 Å². The zero-order chi connectivity index (χ0) is 12.7. The Morgan fingerprint density at radius 1 is 1.22 bits per heavy atom. The van der Waals surface area contributed by atoms with Crippen LogP contribution < -0.4 is 5.73 Å². The van der Waals surface area contributed by atoms with Crippen LogP contribution in [0.4, 0.5) is 5.69 Å². The molecule has 2 aromatic carbocycles. The molecule has 0 fully saturated rings. The molecule has 0 aliphatic heterocycles. The minimum atomic E-state index is 0.706. The van der Waals surface area contributed by atoms with Crippen LogP contribution in [0, 0.1) is 0 Å². The van der Waals surface area contributed by atoms with E-state index in [4.69, 9.17) is 17.3 Å². The van der Waals surface area contributed by atoms with Gasteiger partial charge in [0.1, 0.15) is 0 Å². The third-order valence-corrected chi connectivity index (χ3v) is 3.29. The number of halogens is 1. The zero-order valence-electron chi connectivity index (χ0n) is 9.89. The molecule has 0 spiro atoms. The van der Waals surface area contributed by atoms with Gasteiger partial charge in [0.2, 0.25) is 0 Å². The van der Waals surface area contributed by atoms with Gasteiger partial charge >= 0.3 is 0 Å². The number of rotatable bonds is 1. The van der Waals surface area contributed by atoms with Gasteiger partial charge in [-0.3, -0.25) is 4.68 Å². The molecular formula is C14H12ClN3. The standard InChI is InChI=1S/C14H12ClN3/c1-18-14-7-12(9-3-2-4-11(15)5-9)13(16)6-10(14)8-17-18/h2-8H,16H2,1H3. The Bertz CT molecular complexity index is 731. The molecule has 0 saturated heterocycles. The highest BCUT2D eigenvalue weighted by molar-refractivity contribution is 6.30. The second-order valence-electron chi connectivity index (χ2n) is 4.28. The molecular weight excluding hydrogens is 246 g/mol. The number of nitrogen functional groups attached to an aromatic ring is 1. The molecule has 0 unspecified atom stereocenters. The number of nitrogens with two attached hydrogens (primary N) is 1. The van der Waals surface area contributed by atoms with E-state index in [1.54, 1.807) is 0 Å². The Kier molecular flexibility index (Phi) is 2.49. The van der Waals surface area contributed by atoms with Gasteiger partial charge in [-0.1, -0.05) is 23.7 Å². The maximum Gasteiger partial charge on any atom is 0.0686 e. The molecule has 0 aliphatic carbocycles. The molecule has 4 heteroatoms. The molecule has 0 amide bonds. The molecule has 0 atom stereocenters. The molecule has 90 valence electrons. The Balaban J connectivity index is 2.28. The summed E-state index contributed by atoms with van der Waals surface area (Å²) in [5.41, 5.74) is 9.88. The third kappa shape index (κ3) is 1.73. The van der Waals surface area contributed by atoms with Crippen molar-refractivity contribution in [1.29, 1.82) is 0 Å². The highest BCUT2D eigenvalue weighted by Gasteiger charge is 2.08. The Morgan fingerprint density at radius 3 is 2.83 bits per heavy atom. The first-order valence-corrected chi connectivity index (χ1v) is 6.00. The van der Waals surface area contributed by atoms with E-state index < -0.39 is 0 Å². The van der Waals surface area contributed by atoms with Gasteiger partial charge in [-0.15, -0.1) is 0 Å². The van der Waals surface area contributed by atoms with Gasteiger partial charge in [-0.25, -0.2) is 0 Å². The molecule has 0 saturated carbocycles. The van der Waals surface area contributed by atoms with E-state index >= 15 is 0 Å². The lowest BCUT2D eigenvalue weighted by Gasteiger charge is -2.07. The third-order valence-electron chi connectivity index (χ3n) is 3.05. The quantitative estimate of drug-likeness (QED) is 0.679. The van der Waals surface area contributed by atoms with E-state index in [-0.39, 0.29) is 0 Å². The molecule has 0 aliphatic rings. The summed E-state index contributed by atoms with van der Waals surface area (Å²) in [6.45, 7) is 0. The van der Waals surface area contributed by atoms with Crippen LogP contribution >= 0.6 is 11.6 Å². The summed E-state index contributed by atoms with van der Waals surface area (Å²) in [4.78, 5) is 0. The fraction of sp³-hybridized carbons (Fsp3) is 0.0714. The zero-order valence-corrected chi connectivity index (χ0v) is 10.6. The minimum absolute atomic E-state index is 0.706. The van der Waals surface area contributed by atoms with E-state index in [1.807, 2.05) is 54.3 Å². The Hall–Kier alpha value is -2.00. The first kappa shape index (κ1) is 11.1. The molecule has 1 heterocycles. The van der Waals surface area contributed by atoms with Gasteiger partial charge in [0.15, 0.2) is 0 Å². The van der Waals surface area contributed by atoms with Gasteiger partial charge in [0, 0.05) is 28.7 Å². The molecule has 3 aromatic rings. The number of aromatic nitrogens is 2. The van der Waals surface area contributed by atoms with E-state index in [9.17, 15) is 0 Å². The summed E-state index contributed by atoms with van der Waals surface area (Å²) >= 11 is 6.02. The maximum atomic E-state index is 6.10. The first-order chi connectivity index (χ1) is 8.65. The summed E-state index contributed by atoms with van der Waals surface area (Å²) in [6.07, 6.45) is 1.81. The lowest BCUT2D eigenvalue weighted by atomic mass is 10.0. The van der Waals surface area contributed by atoms with E-state index in [0.717, 1.165) is 27.7 Å². The average molecular weight is 258 g/mol. The summed E-state index contributed by atoms with van der Waals surface area (Å²) in [6, 6.07) is 11.7. The predicted molar refractivity (Wildman–Crippen MR) is 75.6 cm³/mol. The SMILES string of the molecule is Cn1ncc2cc(N)c(-c3cccc(Cl)c3)cc21. The molecule has 0 bridgehead atoms. The molecule has 3 rings (SSSR count). The summed E-state index contributed by atoms with van der Waals surface area (Å²) in [7, 11) is 1.92. The molecule has 18 heavy (non-hydrogen) atoms. The number of aryl methyl sites for hydroxylation is 1. The van der Waals surface area contributed by atoms with Crippen LogP contribution in [0.2, 0.25) is 5.02 Å². The van der Waals surface area contributed by atoms with Gasteiger partial charge in [-0.2, -0.15) is 5.10 Å². The number of benzene rings is 2. The normalized spacial score (nSPS) is 11.0. The number of hydrogen-bond donors (Lipinski definition) is 1. The largest absolute Gasteiger partial charge is 0.398 e. The van der Waals surface area contributed by atoms with Crippen molar-refractivity contribution >= 4 is 28.2 Å². The van der Waals surface area contributed by atoms with Crippen molar-refractivity contribution in [2.75, 3.05) is 5.73 Å². The maximum absolute atomic E-state index is 6.10. The van der Waals surface area contributed by atoms with Crippen molar-refractivity contribution in [2.24, 2.45) is 7.05 Å². The van der Waals surface area contributed by atoms with Crippen molar-refractivity contribution in [3.05, 3.63) is 47.6 Å². The van der Waals surface area contributed by atoms with Crippen molar-refractivity contribution in [1.82, 2.24) is 9.78 Å². The predicted octanol–water partition coefficient (Wildman–Crippen LogP) is 3.48. The highest BCUT2D eigenvalue weighted by atomic mass is 35.5. The van der Waals surface area contributed by atoms with Crippen LogP contribution in [0.25, 0.3) is 22.0 Å². The number of nitrogens with zero attached hydrogens (tertiary/aromatic N) is 2. The van der Waals surface area contributed by atoms with Gasteiger partial charge in [0.05, 0.1) is 11.7 Å². The summed E-state index contributed by atoms with van der Waals surface area (Å²) in [5, 5.41) is 5.97. The summed E-state index contributed by atoms with van der Waals surface area (Å²) < 4.78 is 1.84. The van der Waals surface area contributed by atoms with Gasteiger partial charge in [-0.05, 0) is 29.8 Å². The van der Waals surface area contributed by atoms with Crippen LogP contribution in [0.3, 0.4) is 0 Å². The summed E-state index contributed by atoms with van der Waals surface area (Å²) in [5.74, 6) is 0. The van der Waals surface area contributed by atoms with Gasteiger partial charge in [0.25, 0.3) is 0 Å². The van der Waals surface area contributed by atoms with E-state index in [2.05, 4.69) is 5.10 Å².